The van der Waals surface area contributed by atoms with E-state index in [2.05, 4.69) is 13.8 Å². The predicted octanol–water partition coefficient (Wildman–Crippen LogP) is 2.18. The van der Waals surface area contributed by atoms with E-state index in [0.717, 1.165) is 12.8 Å². The quantitative estimate of drug-likeness (QED) is 0.676. The number of Topliss-reactive ketones (excluding diaryl/α,β-unsaturated/α-hetero) is 1. The van der Waals surface area contributed by atoms with Gasteiger partial charge < -0.3 is 9.64 Å². The Bertz CT molecular complexity index is 378. The third-order valence-electron chi connectivity index (χ3n) is 4.07. The third-order valence-corrected chi connectivity index (χ3v) is 4.07. The molecular formula is C16H27NO4. The molecule has 0 radical (unpaired) electrons. The van der Waals surface area contributed by atoms with E-state index in [-0.39, 0.29) is 37.0 Å². The van der Waals surface area contributed by atoms with Crippen LogP contribution in [0.4, 0.5) is 0 Å². The minimum absolute atomic E-state index is 0.0580. The van der Waals surface area contributed by atoms with Gasteiger partial charge in [0.05, 0.1) is 19.6 Å². The first-order valence-electron chi connectivity index (χ1n) is 7.89. The fourth-order valence-electron chi connectivity index (χ4n) is 2.66. The number of ketones is 1. The Labute approximate surface area is 127 Å². The maximum absolute atomic E-state index is 12.0. The van der Waals surface area contributed by atoms with Gasteiger partial charge in [0.2, 0.25) is 5.91 Å². The van der Waals surface area contributed by atoms with Crippen molar-refractivity contribution < 1.29 is 19.1 Å². The predicted molar refractivity (Wildman–Crippen MR) is 79.6 cm³/mol. The lowest BCUT2D eigenvalue weighted by Crippen LogP contribution is -2.35. The van der Waals surface area contributed by atoms with Crippen molar-refractivity contribution in [3.8, 4) is 0 Å². The number of carbonyl (C=O) groups is 3. The summed E-state index contributed by atoms with van der Waals surface area (Å²) in [6.45, 7) is 7.19. The fourth-order valence-corrected chi connectivity index (χ4v) is 2.66. The van der Waals surface area contributed by atoms with Gasteiger partial charge in [0.25, 0.3) is 0 Å². The Morgan fingerprint density at radius 2 is 2.00 bits per heavy atom. The molecule has 1 unspecified atom stereocenters. The number of esters is 1. The molecule has 5 heteroatoms. The lowest BCUT2D eigenvalue weighted by atomic mass is 9.89. The summed E-state index contributed by atoms with van der Waals surface area (Å²) in [6, 6.07) is 0. The van der Waals surface area contributed by atoms with Crippen molar-refractivity contribution in [2.45, 2.75) is 52.9 Å². The van der Waals surface area contributed by atoms with Gasteiger partial charge >= 0.3 is 5.97 Å². The van der Waals surface area contributed by atoms with Crippen LogP contribution in [0.1, 0.15) is 52.9 Å². The minimum Gasteiger partial charge on any atom is -0.466 e. The smallest absolute Gasteiger partial charge is 0.306 e. The Balaban J connectivity index is 2.40. The van der Waals surface area contributed by atoms with Crippen molar-refractivity contribution in [3.05, 3.63) is 0 Å². The molecule has 1 fully saturated rings. The average molecular weight is 297 g/mol. The lowest BCUT2D eigenvalue weighted by molar-refractivity contribution is -0.144. The van der Waals surface area contributed by atoms with Crippen LogP contribution in [0.25, 0.3) is 0 Å². The second-order valence-corrected chi connectivity index (χ2v) is 5.99. The van der Waals surface area contributed by atoms with Crippen molar-refractivity contribution >= 4 is 17.7 Å². The number of nitrogens with zero attached hydrogens (tertiary/aromatic N) is 1. The zero-order valence-electron chi connectivity index (χ0n) is 13.4. The molecule has 1 aliphatic heterocycles. The molecule has 1 rings (SSSR count). The molecule has 0 aliphatic carbocycles. The molecule has 0 aromatic rings. The zero-order chi connectivity index (χ0) is 15.8. The molecule has 1 amide bonds. The molecule has 1 saturated heterocycles. The third kappa shape index (κ3) is 6.27. The molecule has 5 nitrogen and oxygen atoms in total. The largest absolute Gasteiger partial charge is 0.466 e. The van der Waals surface area contributed by atoms with Crippen LogP contribution in [0.3, 0.4) is 0 Å². The Hall–Kier alpha value is -1.39. The standard InChI is InChI=1S/C16H27NO4/c1-4-21-16(20)8-6-14(18)11-17-10-9-13(12(2)3)5-7-15(17)19/h12-13H,4-11H2,1-3H3. The Morgan fingerprint density at radius 3 is 2.62 bits per heavy atom. The molecular weight excluding hydrogens is 270 g/mol. The SMILES string of the molecule is CCOC(=O)CCC(=O)CN1CCC(C(C)C)CCC1=O. The number of amides is 1. The van der Waals surface area contributed by atoms with Crippen molar-refractivity contribution in [1.29, 1.82) is 0 Å². The number of likely N-dealkylation sites (tertiary alicyclic amines) is 1. The Kier molecular flexibility index (Phi) is 7.40. The maximum Gasteiger partial charge on any atom is 0.306 e. The van der Waals surface area contributed by atoms with Crippen molar-refractivity contribution in [1.82, 2.24) is 4.90 Å². The highest BCUT2D eigenvalue weighted by molar-refractivity contribution is 5.88. The van der Waals surface area contributed by atoms with Gasteiger partial charge in [-0.05, 0) is 31.6 Å². The molecule has 0 N–H and O–H groups in total. The number of hydrogen-bond donors (Lipinski definition) is 0. The van der Waals surface area contributed by atoms with Crippen molar-refractivity contribution in [3.63, 3.8) is 0 Å². The topological polar surface area (TPSA) is 63.7 Å². The van der Waals surface area contributed by atoms with E-state index in [9.17, 15) is 14.4 Å². The Morgan fingerprint density at radius 1 is 1.29 bits per heavy atom. The zero-order valence-corrected chi connectivity index (χ0v) is 13.4. The highest BCUT2D eigenvalue weighted by Crippen LogP contribution is 2.25. The van der Waals surface area contributed by atoms with Crippen LogP contribution in [-0.2, 0) is 19.1 Å². The van der Waals surface area contributed by atoms with Crippen molar-refractivity contribution in [2.24, 2.45) is 11.8 Å². The second kappa shape index (κ2) is 8.80. The molecule has 1 heterocycles. The van der Waals surface area contributed by atoms with Crippen LogP contribution in [-0.4, -0.2) is 42.3 Å². The fraction of sp³-hybridized carbons (Fsp3) is 0.812. The number of ether oxygens (including phenoxy) is 1. The number of carbonyl (C=O) groups excluding carboxylic acids is 3. The molecule has 1 atom stereocenters. The first-order chi connectivity index (χ1) is 9.93. The molecule has 21 heavy (non-hydrogen) atoms. The first-order valence-corrected chi connectivity index (χ1v) is 7.89. The van der Waals surface area contributed by atoms with Gasteiger partial charge in [-0.25, -0.2) is 0 Å². The summed E-state index contributed by atoms with van der Waals surface area (Å²) >= 11 is 0. The molecule has 0 aromatic heterocycles. The number of hydrogen-bond acceptors (Lipinski definition) is 4. The van der Waals surface area contributed by atoms with Gasteiger partial charge in [0, 0.05) is 19.4 Å². The van der Waals surface area contributed by atoms with Crippen molar-refractivity contribution in [2.75, 3.05) is 19.7 Å². The molecule has 0 bridgehead atoms. The highest BCUT2D eigenvalue weighted by atomic mass is 16.5. The van der Waals surface area contributed by atoms with E-state index in [1.54, 1.807) is 11.8 Å². The van der Waals surface area contributed by atoms with Gasteiger partial charge in [0.1, 0.15) is 0 Å². The highest BCUT2D eigenvalue weighted by Gasteiger charge is 2.25. The van der Waals surface area contributed by atoms with E-state index < -0.39 is 0 Å². The van der Waals surface area contributed by atoms with Gasteiger partial charge in [-0.15, -0.1) is 0 Å². The van der Waals surface area contributed by atoms with E-state index in [0.29, 0.717) is 31.4 Å². The summed E-state index contributed by atoms with van der Waals surface area (Å²) in [4.78, 5) is 36.8. The molecule has 0 aromatic carbocycles. The molecule has 0 spiro atoms. The maximum atomic E-state index is 12.0. The van der Waals surface area contributed by atoms with Crippen LogP contribution in [0.2, 0.25) is 0 Å². The number of rotatable bonds is 7. The summed E-state index contributed by atoms with van der Waals surface area (Å²) in [6.07, 6.45) is 2.63. The molecule has 0 saturated carbocycles. The van der Waals surface area contributed by atoms with E-state index in [1.807, 2.05) is 0 Å². The van der Waals surface area contributed by atoms with Crippen LogP contribution in [0, 0.1) is 11.8 Å². The lowest BCUT2D eigenvalue weighted by Gasteiger charge is -2.21. The van der Waals surface area contributed by atoms with E-state index in [1.165, 1.54) is 0 Å². The van der Waals surface area contributed by atoms with Gasteiger partial charge in [-0.1, -0.05) is 13.8 Å². The van der Waals surface area contributed by atoms with Gasteiger partial charge in [-0.3, -0.25) is 14.4 Å². The minimum atomic E-state index is -0.354. The second-order valence-electron chi connectivity index (χ2n) is 5.99. The normalized spacial score (nSPS) is 19.5. The van der Waals surface area contributed by atoms with Gasteiger partial charge in [0.15, 0.2) is 5.78 Å². The summed E-state index contributed by atoms with van der Waals surface area (Å²) in [5.74, 6) is 0.751. The van der Waals surface area contributed by atoms with Crippen LogP contribution >= 0.6 is 0 Å². The molecule has 120 valence electrons. The van der Waals surface area contributed by atoms with E-state index >= 15 is 0 Å². The van der Waals surface area contributed by atoms with Crippen LogP contribution in [0.15, 0.2) is 0 Å². The monoisotopic (exact) mass is 297 g/mol. The summed E-state index contributed by atoms with van der Waals surface area (Å²) in [5.41, 5.74) is 0. The summed E-state index contributed by atoms with van der Waals surface area (Å²) in [5, 5.41) is 0. The first kappa shape index (κ1) is 17.7. The van der Waals surface area contributed by atoms with Crippen LogP contribution in [0.5, 0.6) is 0 Å². The summed E-state index contributed by atoms with van der Waals surface area (Å²) in [7, 11) is 0. The molecule has 1 aliphatic rings. The van der Waals surface area contributed by atoms with Gasteiger partial charge in [-0.2, -0.15) is 0 Å². The summed E-state index contributed by atoms with van der Waals surface area (Å²) < 4.78 is 4.79. The van der Waals surface area contributed by atoms with E-state index in [4.69, 9.17) is 4.74 Å². The average Bonchev–Trinajstić information content (AvgIpc) is 2.60. The van der Waals surface area contributed by atoms with Crippen LogP contribution < -0.4 is 0 Å².